The third-order valence-electron chi connectivity index (χ3n) is 8.51. The molecule has 1 amide bonds. The van der Waals surface area contributed by atoms with Crippen molar-refractivity contribution in [3.63, 3.8) is 0 Å². The second-order valence-electron chi connectivity index (χ2n) is 11.8. The molecular formula is C27H45NO19. The maximum Gasteiger partial charge on any atom is 0.408 e. The number of carbonyl (C=O) groups is 2. The zero-order valence-electron chi connectivity index (χ0n) is 25.2. The molecule has 17 atom stereocenters. The number of nitrogens with one attached hydrogen (secondary N) is 1. The monoisotopic (exact) mass is 687 g/mol. The van der Waals surface area contributed by atoms with E-state index < -0.39 is 142 Å². The van der Waals surface area contributed by atoms with Gasteiger partial charge < -0.3 is 90.6 Å². The van der Waals surface area contributed by atoms with E-state index >= 15 is 0 Å². The molecule has 3 rings (SSSR count). The number of rotatable bonds is 13. The van der Waals surface area contributed by atoms with Gasteiger partial charge in [-0.15, -0.1) is 0 Å². The Morgan fingerprint density at radius 3 is 2.11 bits per heavy atom. The highest BCUT2D eigenvalue weighted by molar-refractivity contribution is 5.87. The van der Waals surface area contributed by atoms with Crippen molar-refractivity contribution in [1.29, 1.82) is 0 Å². The molecule has 3 aliphatic rings. The van der Waals surface area contributed by atoms with Gasteiger partial charge in [-0.2, -0.15) is 0 Å². The molecule has 1 saturated heterocycles. The van der Waals surface area contributed by atoms with Crippen LogP contribution in [-0.2, 0) is 23.7 Å². The number of hydrogen-bond donors (Lipinski definition) is 14. The number of aliphatic hydroxyl groups is 13. The third kappa shape index (κ3) is 8.80. The Bertz CT molecular complexity index is 1060. The summed E-state index contributed by atoms with van der Waals surface area (Å²) in [5.74, 6) is -2.02. The number of Topliss-reactive ketones (excluding diaryl/α,β-unsaturated/α-hetero) is 1. The molecule has 10 unspecified atom stereocenters. The van der Waals surface area contributed by atoms with E-state index in [1.807, 2.05) is 0 Å². The quantitative estimate of drug-likeness (QED) is 0.0799. The van der Waals surface area contributed by atoms with Crippen molar-refractivity contribution < 1.29 is 94.9 Å². The Morgan fingerprint density at radius 2 is 1.53 bits per heavy atom. The molecule has 272 valence electrons. The normalized spacial score (nSPS) is 41.4. The maximum atomic E-state index is 12.6. The third-order valence-corrected chi connectivity index (χ3v) is 8.51. The smallest absolute Gasteiger partial charge is 0.408 e. The molecule has 0 aromatic heterocycles. The number of ether oxygens (including phenoxy) is 4. The van der Waals surface area contributed by atoms with Crippen LogP contribution in [0.4, 0.5) is 4.79 Å². The van der Waals surface area contributed by atoms with Gasteiger partial charge in [0.15, 0.2) is 12.1 Å². The molecule has 1 aliphatic heterocycles. The number of aliphatic hydroxyl groups excluding tert-OH is 13. The van der Waals surface area contributed by atoms with Crippen LogP contribution in [0.2, 0.25) is 0 Å². The molecule has 0 aromatic rings. The summed E-state index contributed by atoms with van der Waals surface area (Å²) in [4.78, 5) is 25.0. The molecule has 1 saturated carbocycles. The second-order valence-corrected chi connectivity index (χ2v) is 11.8. The van der Waals surface area contributed by atoms with Gasteiger partial charge in [0.05, 0.1) is 38.6 Å². The molecule has 2 fully saturated rings. The van der Waals surface area contributed by atoms with Crippen molar-refractivity contribution in [2.45, 2.75) is 111 Å². The van der Waals surface area contributed by atoms with Crippen LogP contribution in [0.15, 0.2) is 11.6 Å². The lowest BCUT2D eigenvalue weighted by atomic mass is 9.81. The minimum Gasteiger partial charge on any atom is -0.443 e. The van der Waals surface area contributed by atoms with E-state index in [-0.39, 0.29) is 12.0 Å². The lowest BCUT2D eigenvalue weighted by molar-refractivity contribution is -0.330. The van der Waals surface area contributed by atoms with Crippen LogP contribution < -0.4 is 5.32 Å². The predicted molar refractivity (Wildman–Crippen MR) is 149 cm³/mol. The highest BCUT2D eigenvalue weighted by atomic mass is 16.7. The summed E-state index contributed by atoms with van der Waals surface area (Å²) in [6.45, 7) is -2.14. The van der Waals surface area contributed by atoms with Gasteiger partial charge in [0.2, 0.25) is 0 Å². The summed E-state index contributed by atoms with van der Waals surface area (Å²) in [5, 5.41) is 133. The first-order valence-electron chi connectivity index (χ1n) is 14.8. The van der Waals surface area contributed by atoms with Crippen LogP contribution in [0, 0.1) is 5.92 Å². The van der Waals surface area contributed by atoms with Gasteiger partial charge in [0.1, 0.15) is 79.4 Å². The van der Waals surface area contributed by atoms with E-state index in [9.17, 15) is 70.9 Å². The van der Waals surface area contributed by atoms with Crippen molar-refractivity contribution in [3.8, 4) is 0 Å². The molecule has 1 heterocycles. The van der Waals surface area contributed by atoms with Gasteiger partial charge in [-0.25, -0.2) is 4.79 Å². The molecule has 47 heavy (non-hydrogen) atoms. The van der Waals surface area contributed by atoms with Crippen LogP contribution in [0.5, 0.6) is 0 Å². The summed E-state index contributed by atoms with van der Waals surface area (Å²) < 4.78 is 21.7. The van der Waals surface area contributed by atoms with Crippen molar-refractivity contribution in [3.05, 3.63) is 11.6 Å². The van der Waals surface area contributed by atoms with Crippen LogP contribution >= 0.6 is 0 Å². The molecule has 0 aromatic carbocycles. The van der Waals surface area contributed by atoms with Crippen molar-refractivity contribution >= 4 is 11.9 Å². The van der Waals surface area contributed by atoms with E-state index in [1.165, 1.54) is 6.92 Å². The summed E-state index contributed by atoms with van der Waals surface area (Å²) in [6, 6.07) is -1.29. The van der Waals surface area contributed by atoms with Gasteiger partial charge in [-0.1, -0.05) is 13.0 Å². The highest BCUT2D eigenvalue weighted by Gasteiger charge is 2.52. The Morgan fingerprint density at radius 1 is 0.894 bits per heavy atom. The number of amides is 1. The number of carbonyl (C=O) groups excluding carboxylic acids is 2. The fourth-order valence-electron chi connectivity index (χ4n) is 5.73. The first-order valence-corrected chi connectivity index (χ1v) is 14.8. The predicted octanol–water partition coefficient (Wildman–Crippen LogP) is -7.92. The summed E-state index contributed by atoms with van der Waals surface area (Å²) >= 11 is 0. The Kier molecular flexibility index (Phi) is 14.4. The topological polar surface area (TPSA) is 346 Å². The minimum atomic E-state index is -2.04. The van der Waals surface area contributed by atoms with Crippen molar-refractivity contribution in [2.24, 2.45) is 5.92 Å². The largest absolute Gasteiger partial charge is 0.443 e. The van der Waals surface area contributed by atoms with E-state index in [4.69, 9.17) is 24.1 Å². The lowest BCUT2D eigenvalue weighted by Gasteiger charge is -2.47. The van der Waals surface area contributed by atoms with E-state index in [2.05, 4.69) is 5.32 Å². The van der Waals surface area contributed by atoms with Crippen LogP contribution in [0.1, 0.15) is 13.3 Å². The van der Waals surface area contributed by atoms with Gasteiger partial charge in [0.25, 0.3) is 0 Å². The van der Waals surface area contributed by atoms with Crippen LogP contribution in [0.25, 0.3) is 0 Å². The van der Waals surface area contributed by atoms with Gasteiger partial charge >= 0.3 is 6.09 Å². The highest BCUT2D eigenvalue weighted by Crippen LogP contribution is 2.34. The fraction of sp³-hybridized carbons (Fsp3) is 0.852. The maximum absolute atomic E-state index is 12.6. The number of ketones is 1. The first-order chi connectivity index (χ1) is 22.1. The van der Waals surface area contributed by atoms with E-state index in [1.54, 1.807) is 0 Å². The van der Waals surface area contributed by atoms with Crippen LogP contribution in [0.3, 0.4) is 0 Å². The molecule has 20 nitrogen and oxygen atoms in total. The van der Waals surface area contributed by atoms with Gasteiger partial charge in [-0.05, 0) is 17.9 Å². The molecule has 20 heteroatoms. The second kappa shape index (κ2) is 17.1. The average molecular weight is 688 g/mol. The standard InChI is InChI=1S/C27H45NO19/c1-8-2-13(18(38)20(40)23(8)47-27(43)28-10-3-9(4-29)15(35)19(39)16(10)36)44-25-14(7-32)45-26(22(42)21(25)41)46-24(12(34)6-31)17(37)11(33)5-30/h3,8,10-16,18-26,29-36,38-42H,2,4-7H2,1H3,(H,28,43)/t8-,10?,11?,12+,13+,14?,15+,16-,18?,19?,20+,21?,22+,23?,24?,25?,26?/m0/s1. The van der Waals surface area contributed by atoms with Gasteiger partial charge in [0, 0.05) is 0 Å². The van der Waals surface area contributed by atoms with Crippen LogP contribution in [-0.4, -0.2) is 202 Å². The molecule has 0 bridgehead atoms. The van der Waals surface area contributed by atoms with E-state index in [0.717, 1.165) is 6.08 Å². The molecule has 0 spiro atoms. The minimum absolute atomic E-state index is 0.0656. The Balaban J connectivity index is 1.66. The lowest BCUT2D eigenvalue weighted by Crippen LogP contribution is -2.64. The summed E-state index contributed by atoms with van der Waals surface area (Å²) in [5.41, 5.74) is -0.0656. The number of hydrogen-bond acceptors (Lipinski definition) is 19. The first kappa shape index (κ1) is 39.5. The van der Waals surface area contributed by atoms with E-state index in [0.29, 0.717) is 0 Å². The SMILES string of the molecule is C[C@H]1C[C@@H](OC2C(CO)OC(OC(C(=O)C(O)CO)[C@H](O)CO)[C@H](O)C2O)C(O)[C@@H](O)C1OC(=O)NC1C=C(CO)[C@@H](O)C(O)[C@H]1O. The molecule has 2 aliphatic carbocycles. The summed E-state index contributed by atoms with van der Waals surface area (Å²) in [7, 11) is 0. The fourth-order valence-corrected chi connectivity index (χ4v) is 5.73. The zero-order chi connectivity index (χ0) is 35.3. The summed E-state index contributed by atoms with van der Waals surface area (Å²) in [6.07, 6.45) is -26.4. The van der Waals surface area contributed by atoms with Crippen molar-refractivity contribution in [1.82, 2.24) is 5.32 Å². The Labute approximate surface area is 267 Å². The Hall–Kier alpha value is -1.96. The average Bonchev–Trinajstić information content (AvgIpc) is 3.06. The van der Waals surface area contributed by atoms with Crippen molar-refractivity contribution in [2.75, 3.05) is 26.4 Å². The molecule has 0 radical (unpaired) electrons. The zero-order valence-corrected chi connectivity index (χ0v) is 25.2. The van der Waals surface area contributed by atoms with Gasteiger partial charge in [-0.3, -0.25) is 4.79 Å². The molecular weight excluding hydrogens is 642 g/mol. The molecule has 14 N–H and O–H groups in total. The number of alkyl carbamates (subject to hydrolysis) is 1.